The van der Waals surface area contributed by atoms with Crippen LogP contribution < -0.4 is 4.98 Å². The summed E-state index contributed by atoms with van der Waals surface area (Å²) >= 11 is 2.40. The van der Waals surface area contributed by atoms with Crippen molar-refractivity contribution in [3.05, 3.63) is 39.6 Å². The van der Waals surface area contributed by atoms with E-state index in [1.54, 1.807) is 15.5 Å². The number of hydrogen-bond acceptors (Lipinski definition) is 2. The maximum absolute atomic E-state index is 4.02. The monoisotopic (exact) mass is 334 g/mol. The van der Waals surface area contributed by atoms with Crippen LogP contribution in [-0.4, -0.2) is 49.5 Å². The molecule has 1 heterocycles. The number of allylic oxidation sites excluding steroid dienone is 1. The van der Waals surface area contributed by atoms with Crippen LogP contribution in [0.4, 0.5) is 0 Å². The summed E-state index contributed by atoms with van der Waals surface area (Å²) in [7, 11) is -1.66. The number of nitrogens with one attached hydrogen (secondary N) is 1. The maximum atomic E-state index is 4.02. The van der Waals surface area contributed by atoms with E-state index in [-0.39, 0.29) is 5.54 Å². The van der Waals surface area contributed by atoms with Crippen LogP contribution in [0.2, 0.25) is 13.1 Å². The number of benzene rings is 1. The van der Waals surface area contributed by atoms with Crippen molar-refractivity contribution < 1.29 is 0 Å². The topological polar surface area (TPSA) is 15.3 Å². The van der Waals surface area contributed by atoms with E-state index in [0.29, 0.717) is 5.54 Å². The third kappa shape index (κ3) is 3.56. The second kappa shape index (κ2) is 6.69. The molecule has 1 saturated heterocycles. The first-order chi connectivity index (χ1) is 11.2. The predicted octanol–water partition coefficient (Wildman–Crippen LogP) is 4.24. The molecule has 24 heavy (non-hydrogen) atoms. The minimum atomic E-state index is -1.66. The summed E-state index contributed by atoms with van der Waals surface area (Å²) in [6.07, 6.45) is 4.06. The quantitative estimate of drug-likeness (QED) is 0.832. The first-order valence-electron chi connectivity index (χ1n) is 9.55. The predicted molar refractivity (Wildman–Crippen MR) is 108 cm³/mol. The van der Waals surface area contributed by atoms with Gasteiger partial charge in [0.15, 0.2) is 0 Å². The minimum absolute atomic E-state index is 0.165. The van der Waals surface area contributed by atoms with Crippen molar-refractivity contribution in [2.45, 2.75) is 64.2 Å². The molecule has 1 N–H and O–H groups in total. The summed E-state index contributed by atoms with van der Waals surface area (Å²) in [5, 5.41) is 0. The van der Waals surface area contributed by atoms with Crippen molar-refractivity contribution in [2.75, 3.05) is 13.1 Å². The van der Waals surface area contributed by atoms with Gasteiger partial charge in [0.1, 0.15) is 0 Å². The van der Waals surface area contributed by atoms with Crippen molar-refractivity contribution in [3.63, 3.8) is 0 Å². The summed E-state index contributed by atoms with van der Waals surface area (Å²) in [5.41, 5.74) is 5.34. The van der Waals surface area contributed by atoms with Gasteiger partial charge in [0, 0.05) is 0 Å². The average molecular weight is 335 g/mol. The molecule has 1 atom stereocenters. The Morgan fingerprint density at radius 2 is 1.71 bits per heavy atom. The molecule has 1 unspecified atom stereocenters. The summed E-state index contributed by atoms with van der Waals surface area (Å²) in [6, 6.07) is 9.16. The molecule has 0 aromatic heterocycles. The second-order valence-corrected chi connectivity index (χ2v) is 13.5. The van der Waals surface area contributed by atoms with E-state index in [4.69, 9.17) is 0 Å². The Kier molecular flexibility index (Phi) is 5.11. The molecule has 0 saturated carbocycles. The molecule has 126 valence electrons. The van der Waals surface area contributed by atoms with E-state index >= 15 is 0 Å². The Morgan fingerprint density at radius 3 is 2.33 bits per heavy atom. The third-order valence-electron chi connectivity index (χ3n) is 5.42. The molecule has 1 aromatic carbocycles. The number of fused-ring (bicyclic) bond motifs is 1. The van der Waals surface area contributed by atoms with Gasteiger partial charge in [-0.2, -0.15) is 0 Å². The van der Waals surface area contributed by atoms with Crippen LogP contribution in [0.3, 0.4) is 0 Å². The average Bonchev–Trinajstić information content (AvgIpc) is 2.78. The van der Waals surface area contributed by atoms with Crippen molar-refractivity contribution in [3.8, 4) is 0 Å². The first kappa shape index (κ1) is 18.3. The van der Waals surface area contributed by atoms with Crippen molar-refractivity contribution in [1.29, 1.82) is 0 Å². The molecule has 1 fully saturated rings. The molecule has 2 nitrogen and oxygen atoms in total. The van der Waals surface area contributed by atoms with Crippen molar-refractivity contribution in [2.24, 2.45) is 0 Å². The van der Waals surface area contributed by atoms with Gasteiger partial charge in [-0.05, 0) is 0 Å². The molecule has 1 aromatic rings. The van der Waals surface area contributed by atoms with Crippen LogP contribution in [0.25, 0.3) is 5.70 Å². The molecule has 4 heteroatoms. The van der Waals surface area contributed by atoms with Gasteiger partial charge in [-0.3, -0.25) is 0 Å². The third-order valence-corrected chi connectivity index (χ3v) is 9.01. The van der Waals surface area contributed by atoms with Gasteiger partial charge in [-0.15, -0.1) is 0 Å². The molecule has 1 aliphatic carbocycles. The fraction of sp³-hybridized carbons (Fsp3) is 0.600. The molecule has 0 amide bonds. The molecular formula is C20H31LiN2Si. The zero-order valence-corrected chi connectivity index (χ0v) is 17.4. The van der Waals surface area contributed by atoms with E-state index in [1.807, 2.05) is 0 Å². The van der Waals surface area contributed by atoms with Crippen LogP contribution in [0.5, 0.6) is 0 Å². The number of likely N-dealkylation sites (tertiary alicyclic amines) is 1. The van der Waals surface area contributed by atoms with E-state index in [2.05, 4.69) is 85.7 Å². The molecular weight excluding hydrogens is 303 g/mol. The molecule has 0 radical (unpaired) electrons. The summed E-state index contributed by atoms with van der Waals surface area (Å²) < 4.78 is 1.60. The Bertz CT molecular complexity index is 639. The molecule has 0 bridgehead atoms. The second-order valence-electron chi connectivity index (χ2n) is 9.20. The summed E-state index contributed by atoms with van der Waals surface area (Å²) in [6.45, 7) is 14.4. The van der Waals surface area contributed by atoms with Crippen LogP contribution >= 0.6 is 0 Å². The summed E-state index contributed by atoms with van der Waals surface area (Å²) in [5.74, 6) is 0. The van der Waals surface area contributed by atoms with E-state index < -0.39 is 8.24 Å². The molecule has 1 aliphatic heterocycles. The molecule has 0 spiro atoms. The fourth-order valence-corrected chi connectivity index (χ4v) is 9.38. The van der Waals surface area contributed by atoms with Gasteiger partial charge in [-0.25, -0.2) is 0 Å². The van der Waals surface area contributed by atoms with E-state index in [9.17, 15) is 0 Å². The zero-order chi connectivity index (χ0) is 17.5. The first-order valence-corrected chi connectivity index (χ1v) is 12.6. The molecule has 2 aliphatic rings. The number of hydrogen-bond donors (Lipinski definition) is 1. The number of rotatable bonds is 3. The fourth-order valence-electron chi connectivity index (χ4n) is 5.05. The van der Waals surface area contributed by atoms with Crippen molar-refractivity contribution in [1.82, 2.24) is 9.88 Å². The van der Waals surface area contributed by atoms with E-state index in [1.165, 1.54) is 37.9 Å². The SMILES string of the molecule is [Li][C]1=C(N2CCCCC2)c2ccccc2C1[Si](C)(C)NC(C)(C)C. The molecule has 3 rings (SSSR count). The van der Waals surface area contributed by atoms with Gasteiger partial charge in [0.25, 0.3) is 0 Å². The Labute approximate surface area is 158 Å². The number of piperidine rings is 1. The zero-order valence-electron chi connectivity index (χ0n) is 16.4. The van der Waals surface area contributed by atoms with Gasteiger partial charge in [0.05, 0.1) is 0 Å². The van der Waals surface area contributed by atoms with Crippen LogP contribution in [0.15, 0.2) is 28.5 Å². The number of nitrogens with zero attached hydrogens (tertiary/aromatic N) is 1. The van der Waals surface area contributed by atoms with E-state index in [0.717, 1.165) is 0 Å². The normalized spacial score (nSPS) is 22.1. The van der Waals surface area contributed by atoms with Crippen molar-refractivity contribution >= 4 is 31.6 Å². The Hall–Kier alpha value is -0.466. The van der Waals surface area contributed by atoms with Gasteiger partial charge < -0.3 is 0 Å². The van der Waals surface area contributed by atoms with Crippen LogP contribution in [-0.2, 0) is 0 Å². The van der Waals surface area contributed by atoms with Gasteiger partial charge in [-0.1, -0.05) is 0 Å². The van der Waals surface area contributed by atoms with Gasteiger partial charge in [0.2, 0.25) is 0 Å². The Morgan fingerprint density at radius 1 is 1.08 bits per heavy atom. The van der Waals surface area contributed by atoms with Crippen LogP contribution in [0.1, 0.15) is 56.7 Å². The van der Waals surface area contributed by atoms with Crippen LogP contribution in [0, 0.1) is 0 Å². The Balaban J connectivity index is 2.04. The summed E-state index contributed by atoms with van der Waals surface area (Å²) in [4.78, 5) is 6.68. The van der Waals surface area contributed by atoms with Gasteiger partial charge >= 0.3 is 158 Å². The standard InChI is InChI=1S/C20H31N2Si.Li/c1-20(2,3)21-23(4,5)19-15-18(22-13-9-6-10-14-22)16-11-7-8-12-17(16)19;/h7-8,11-12,19,21H,6,9-10,13-14H2,1-5H3;.